The highest BCUT2D eigenvalue weighted by atomic mass is 16.7. The summed E-state index contributed by atoms with van der Waals surface area (Å²) in [6.45, 7) is -0.738. The van der Waals surface area contributed by atoms with Crippen molar-refractivity contribution in [3.05, 3.63) is 82.4 Å². The van der Waals surface area contributed by atoms with Crippen LogP contribution in [0.5, 0.6) is 57.5 Å². The Morgan fingerprint density at radius 1 is 0.585 bits per heavy atom. The molecule has 0 bridgehead atoms. The van der Waals surface area contributed by atoms with Gasteiger partial charge in [0, 0.05) is 41.3 Å². The van der Waals surface area contributed by atoms with Gasteiger partial charge in [0.05, 0.1) is 18.6 Å². The first-order chi connectivity index (χ1) is 25.2. The van der Waals surface area contributed by atoms with E-state index < -0.39 is 108 Å². The number of aliphatic hydroxyl groups is 6. The highest BCUT2D eigenvalue weighted by molar-refractivity contribution is 5.66. The summed E-state index contributed by atoms with van der Waals surface area (Å²) in [4.78, 5) is 0. The molecule has 1 saturated heterocycles. The summed E-state index contributed by atoms with van der Waals surface area (Å²) in [6.07, 6.45) is -14.2. The van der Waals surface area contributed by atoms with Crippen LogP contribution in [0.3, 0.4) is 0 Å². The molecule has 17 heteroatoms. The summed E-state index contributed by atoms with van der Waals surface area (Å²) in [5.41, 5.74) is 0.0144. The lowest BCUT2D eigenvalue weighted by atomic mass is 9.77. The molecule has 4 aromatic carbocycles. The molecule has 3 heterocycles. The SMILES string of the molecule is OCC1OC(Oc2cc(O)c3c(c2)OC(c2ccc(O)c(O)c2)C(O)C3c2c(O)cc(O)c3c2OC(c2ccc(O)c(O)c2)C(O)C3)C(O)C(O)C1O. The number of aliphatic hydroxyl groups excluding tert-OH is 6. The van der Waals surface area contributed by atoms with E-state index in [2.05, 4.69) is 0 Å². The zero-order chi connectivity index (χ0) is 38.0. The van der Waals surface area contributed by atoms with Crippen molar-refractivity contribution in [3.8, 4) is 57.5 Å². The Morgan fingerprint density at radius 2 is 1.21 bits per heavy atom. The van der Waals surface area contributed by atoms with Crippen LogP contribution in [0, 0.1) is 0 Å². The molecule has 13 N–H and O–H groups in total. The summed E-state index contributed by atoms with van der Waals surface area (Å²) in [7, 11) is 0. The topological polar surface area (TPSA) is 300 Å². The Hall–Kier alpha value is -5.40. The lowest BCUT2D eigenvalue weighted by Gasteiger charge is -2.41. The Balaban J connectivity index is 1.37. The maximum Gasteiger partial charge on any atom is 0.229 e. The van der Waals surface area contributed by atoms with Crippen LogP contribution in [0.15, 0.2) is 54.6 Å². The molecule has 53 heavy (non-hydrogen) atoms. The van der Waals surface area contributed by atoms with E-state index in [4.69, 9.17) is 18.9 Å². The number of aromatic hydroxyl groups is 7. The standard InChI is InChI=1S/C36H36O17/c37-11-25-29(46)31(48)32(49)36(52-25)50-14-7-21(43)26-24(8-14)51-34(13-2-4-17(39)20(42)6-13)30(47)28(26)27-22(44)10-18(40)15-9-23(45)33(53-35(15)27)12-1-3-16(38)19(41)5-12/h1-8,10,23,25,28-34,36-49H,9,11H2. The van der Waals surface area contributed by atoms with Crippen molar-refractivity contribution >= 4 is 0 Å². The molecular formula is C36H36O17. The minimum atomic E-state index is -1.81. The summed E-state index contributed by atoms with van der Waals surface area (Å²) < 4.78 is 23.5. The van der Waals surface area contributed by atoms with Crippen LogP contribution in [0.2, 0.25) is 0 Å². The molecule has 0 aliphatic carbocycles. The zero-order valence-corrected chi connectivity index (χ0v) is 27.3. The van der Waals surface area contributed by atoms with E-state index >= 15 is 0 Å². The van der Waals surface area contributed by atoms with Gasteiger partial charge in [-0.2, -0.15) is 0 Å². The van der Waals surface area contributed by atoms with E-state index in [0.29, 0.717) is 0 Å². The minimum absolute atomic E-state index is 0.0191. The van der Waals surface area contributed by atoms with Crippen molar-refractivity contribution in [2.24, 2.45) is 0 Å². The molecule has 3 aliphatic rings. The lowest BCUT2D eigenvalue weighted by Crippen LogP contribution is -2.60. The molecule has 7 rings (SSSR count). The van der Waals surface area contributed by atoms with E-state index in [1.165, 1.54) is 24.3 Å². The number of fused-ring (bicyclic) bond motifs is 2. The summed E-state index contributed by atoms with van der Waals surface area (Å²) >= 11 is 0. The molecule has 10 atom stereocenters. The van der Waals surface area contributed by atoms with Gasteiger partial charge in [-0.3, -0.25) is 0 Å². The number of hydrogen-bond acceptors (Lipinski definition) is 17. The van der Waals surface area contributed by atoms with Gasteiger partial charge in [-0.25, -0.2) is 0 Å². The van der Waals surface area contributed by atoms with E-state index in [1.807, 2.05) is 0 Å². The Bertz CT molecular complexity index is 2030. The summed E-state index contributed by atoms with van der Waals surface area (Å²) in [5, 5.41) is 138. The van der Waals surface area contributed by atoms with Gasteiger partial charge >= 0.3 is 0 Å². The average molecular weight is 741 g/mol. The summed E-state index contributed by atoms with van der Waals surface area (Å²) in [5.74, 6) is -5.76. The van der Waals surface area contributed by atoms with Gasteiger partial charge in [0.1, 0.15) is 71.1 Å². The van der Waals surface area contributed by atoms with Gasteiger partial charge in [0.15, 0.2) is 29.1 Å². The van der Waals surface area contributed by atoms with Crippen LogP contribution in [-0.4, -0.2) is 116 Å². The van der Waals surface area contributed by atoms with Crippen molar-refractivity contribution in [3.63, 3.8) is 0 Å². The van der Waals surface area contributed by atoms with Crippen molar-refractivity contribution in [2.75, 3.05) is 6.61 Å². The van der Waals surface area contributed by atoms with E-state index in [-0.39, 0.29) is 51.5 Å². The monoisotopic (exact) mass is 740 g/mol. The zero-order valence-electron chi connectivity index (χ0n) is 27.3. The van der Waals surface area contributed by atoms with Crippen LogP contribution < -0.4 is 14.2 Å². The largest absolute Gasteiger partial charge is 0.507 e. The number of hydrogen-bond donors (Lipinski definition) is 13. The van der Waals surface area contributed by atoms with Crippen molar-refractivity contribution < 1.29 is 85.3 Å². The van der Waals surface area contributed by atoms with Gasteiger partial charge in [-0.1, -0.05) is 12.1 Å². The third-order valence-electron chi connectivity index (χ3n) is 9.76. The highest BCUT2D eigenvalue weighted by Crippen LogP contribution is 2.57. The molecule has 3 aliphatic heterocycles. The molecule has 17 nitrogen and oxygen atoms in total. The maximum atomic E-state index is 12.1. The van der Waals surface area contributed by atoms with Gasteiger partial charge in [-0.05, 0) is 35.4 Å². The van der Waals surface area contributed by atoms with E-state index in [0.717, 1.165) is 30.3 Å². The molecule has 0 amide bonds. The predicted octanol–water partition coefficient (Wildman–Crippen LogP) is 0.468. The number of phenolic OH excluding ortho intramolecular Hbond substituents is 7. The number of rotatable bonds is 6. The average Bonchev–Trinajstić information content (AvgIpc) is 3.11. The molecule has 282 valence electrons. The van der Waals surface area contributed by atoms with Gasteiger partial charge in [0.2, 0.25) is 6.29 Å². The van der Waals surface area contributed by atoms with Crippen molar-refractivity contribution in [1.29, 1.82) is 0 Å². The fraction of sp³-hybridized carbons (Fsp3) is 0.333. The van der Waals surface area contributed by atoms with E-state index in [9.17, 15) is 66.4 Å². The first kappa shape index (κ1) is 36.0. The highest BCUT2D eigenvalue weighted by Gasteiger charge is 2.48. The first-order valence-electron chi connectivity index (χ1n) is 16.3. The normalized spacial score (nSPS) is 29.3. The third-order valence-corrected chi connectivity index (χ3v) is 9.76. The molecule has 4 aromatic rings. The van der Waals surface area contributed by atoms with Crippen LogP contribution in [0.4, 0.5) is 0 Å². The number of phenols is 7. The van der Waals surface area contributed by atoms with Crippen molar-refractivity contribution in [2.45, 2.75) is 67.5 Å². The first-order valence-corrected chi connectivity index (χ1v) is 16.3. The van der Waals surface area contributed by atoms with Gasteiger partial charge in [-0.15, -0.1) is 0 Å². The van der Waals surface area contributed by atoms with Gasteiger partial charge < -0.3 is 85.3 Å². The number of benzene rings is 4. The Morgan fingerprint density at radius 3 is 1.83 bits per heavy atom. The maximum absolute atomic E-state index is 12.1. The second kappa shape index (κ2) is 13.5. The number of ether oxygens (including phenoxy) is 4. The lowest BCUT2D eigenvalue weighted by molar-refractivity contribution is -0.277. The second-order valence-electron chi connectivity index (χ2n) is 13.1. The quantitative estimate of drug-likeness (QED) is 0.120. The fourth-order valence-corrected chi connectivity index (χ4v) is 7.07. The predicted molar refractivity (Wildman–Crippen MR) is 176 cm³/mol. The molecule has 0 radical (unpaired) electrons. The van der Waals surface area contributed by atoms with Crippen molar-refractivity contribution in [1.82, 2.24) is 0 Å². The Kier molecular flexibility index (Phi) is 9.19. The smallest absolute Gasteiger partial charge is 0.229 e. The molecule has 0 aromatic heterocycles. The molecule has 0 spiro atoms. The minimum Gasteiger partial charge on any atom is -0.507 e. The van der Waals surface area contributed by atoms with E-state index in [1.54, 1.807) is 0 Å². The molecule has 0 saturated carbocycles. The molecule has 1 fully saturated rings. The summed E-state index contributed by atoms with van der Waals surface area (Å²) in [6, 6.07) is 10.5. The van der Waals surface area contributed by atoms with Crippen LogP contribution >= 0.6 is 0 Å². The van der Waals surface area contributed by atoms with Crippen LogP contribution in [0.25, 0.3) is 0 Å². The van der Waals surface area contributed by atoms with Crippen LogP contribution in [-0.2, 0) is 11.2 Å². The molecule has 10 unspecified atom stereocenters. The fourth-order valence-electron chi connectivity index (χ4n) is 7.07. The molecular weight excluding hydrogens is 704 g/mol. The Labute approximate surface area is 299 Å². The van der Waals surface area contributed by atoms with Gasteiger partial charge in [0.25, 0.3) is 0 Å². The third kappa shape index (κ3) is 6.17. The second-order valence-corrected chi connectivity index (χ2v) is 13.1. The van der Waals surface area contributed by atoms with Crippen LogP contribution in [0.1, 0.15) is 45.9 Å².